The lowest BCUT2D eigenvalue weighted by Gasteiger charge is -2.21. The molecule has 0 aromatic heterocycles. The lowest BCUT2D eigenvalue weighted by Crippen LogP contribution is -2.31. The van der Waals surface area contributed by atoms with Crippen molar-refractivity contribution in [2.24, 2.45) is 5.92 Å². The average Bonchev–Trinajstić information content (AvgIpc) is 2.94. The van der Waals surface area contributed by atoms with Gasteiger partial charge in [0.05, 0.1) is 6.61 Å². The molecule has 0 saturated carbocycles. The van der Waals surface area contributed by atoms with Crippen molar-refractivity contribution < 1.29 is 9.53 Å². The normalized spacial score (nSPS) is 18.0. The molecule has 0 bridgehead atoms. The van der Waals surface area contributed by atoms with Crippen molar-refractivity contribution >= 4 is 11.6 Å². The summed E-state index contributed by atoms with van der Waals surface area (Å²) in [6, 6.07) is 8.49. The van der Waals surface area contributed by atoms with Crippen LogP contribution in [0.25, 0.3) is 0 Å². The van der Waals surface area contributed by atoms with Crippen molar-refractivity contribution in [3.05, 3.63) is 29.8 Å². The van der Waals surface area contributed by atoms with Crippen molar-refractivity contribution in [3.63, 3.8) is 0 Å². The van der Waals surface area contributed by atoms with E-state index in [0.717, 1.165) is 26.1 Å². The van der Waals surface area contributed by atoms with Crippen molar-refractivity contribution in [2.45, 2.75) is 26.7 Å². The van der Waals surface area contributed by atoms with Gasteiger partial charge in [-0.15, -0.1) is 0 Å². The quantitative estimate of drug-likeness (QED) is 0.784. The molecule has 1 aliphatic heterocycles. The van der Waals surface area contributed by atoms with Crippen LogP contribution in [-0.4, -0.2) is 38.8 Å². The summed E-state index contributed by atoms with van der Waals surface area (Å²) in [5.74, 6) is 0.637. The largest absolute Gasteiger partial charge is 0.381 e. The molecular weight excluding hydrogens is 264 g/mol. The zero-order chi connectivity index (χ0) is 15.1. The molecule has 1 aromatic rings. The number of ether oxygens (including phenoxy) is 1. The molecule has 1 heterocycles. The number of amides is 1. The molecule has 2 rings (SSSR count). The molecule has 1 atom stereocenters. The topological polar surface area (TPSA) is 41.6 Å². The summed E-state index contributed by atoms with van der Waals surface area (Å²) >= 11 is 0. The number of aryl methyl sites for hydroxylation is 1. The Morgan fingerprint density at radius 2 is 2.24 bits per heavy atom. The minimum atomic E-state index is 0.0952. The first-order chi connectivity index (χ1) is 10.2. The third-order valence-corrected chi connectivity index (χ3v) is 4.01. The van der Waals surface area contributed by atoms with Crippen LogP contribution < -0.4 is 10.2 Å². The first kappa shape index (κ1) is 15.8. The molecule has 1 N–H and O–H groups in total. The van der Waals surface area contributed by atoms with Gasteiger partial charge in [-0.2, -0.15) is 0 Å². The fourth-order valence-electron chi connectivity index (χ4n) is 2.79. The highest BCUT2D eigenvalue weighted by Crippen LogP contribution is 2.26. The molecular formula is C17H26N2O2. The van der Waals surface area contributed by atoms with E-state index in [2.05, 4.69) is 41.4 Å². The number of benzene rings is 1. The highest BCUT2D eigenvalue weighted by Gasteiger charge is 2.23. The van der Waals surface area contributed by atoms with Gasteiger partial charge in [-0.3, -0.25) is 4.79 Å². The zero-order valence-electron chi connectivity index (χ0n) is 13.1. The lowest BCUT2D eigenvalue weighted by molar-refractivity contribution is -0.122. The molecule has 1 aromatic carbocycles. The second kappa shape index (κ2) is 8.03. The van der Waals surface area contributed by atoms with Crippen LogP contribution in [0.15, 0.2) is 24.3 Å². The Hall–Kier alpha value is -1.55. The Bertz CT molecular complexity index is 462. The third kappa shape index (κ3) is 4.74. The SMILES string of the molecule is CCOCCC(=O)NCC1CCN(c2ccccc2C)C1. The van der Waals surface area contributed by atoms with Gasteiger partial charge in [0.2, 0.25) is 5.91 Å². The van der Waals surface area contributed by atoms with Crippen LogP contribution >= 0.6 is 0 Å². The zero-order valence-corrected chi connectivity index (χ0v) is 13.1. The van der Waals surface area contributed by atoms with E-state index in [-0.39, 0.29) is 5.91 Å². The summed E-state index contributed by atoms with van der Waals surface area (Å²) in [7, 11) is 0. The Morgan fingerprint density at radius 3 is 3.00 bits per heavy atom. The summed E-state index contributed by atoms with van der Waals surface area (Å²) in [6.07, 6.45) is 1.60. The van der Waals surface area contributed by atoms with E-state index >= 15 is 0 Å². The van der Waals surface area contributed by atoms with Gasteiger partial charge in [-0.05, 0) is 37.8 Å². The molecule has 1 amide bonds. The molecule has 21 heavy (non-hydrogen) atoms. The summed E-state index contributed by atoms with van der Waals surface area (Å²) in [5.41, 5.74) is 2.64. The lowest BCUT2D eigenvalue weighted by atomic mass is 10.1. The van der Waals surface area contributed by atoms with Crippen molar-refractivity contribution in [1.82, 2.24) is 5.32 Å². The molecule has 1 fully saturated rings. The number of anilines is 1. The molecule has 4 nitrogen and oxygen atoms in total. The van der Waals surface area contributed by atoms with Crippen molar-refractivity contribution in [2.75, 3.05) is 37.7 Å². The first-order valence-electron chi connectivity index (χ1n) is 7.85. The first-order valence-corrected chi connectivity index (χ1v) is 7.85. The van der Waals surface area contributed by atoms with Gasteiger partial charge in [0, 0.05) is 38.3 Å². The number of carbonyl (C=O) groups is 1. The number of nitrogens with zero attached hydrogens (tertiary/aromatic N) is 1. The summed E-state index contributed by atoms with van der Waals surface area (Å²) in [6.45, 7) is 8.15. The van der Waals surface area contributed by atoms with Gasteiger partial charge >= 0.3 is 0 Å². The van der Waals surface area contributed by atoms with Crippen LogP contribution in [0.1, 0.15) is 25.3 Å². The van der Waals surface area contributed by atoms with Gasteiger partial charge in [0.25, 0.3) is 0 Å². The summed E-state index contributed by atoms with van der Waals surface area (Å²) in [5, 5.41) is 3.02. The Balaban J connectivity index is 1.73. The van der Waals surface area contributed by atoms with E-state index in [1.807, 2.05) is 6.92 Å². The maximum atomic E-state index is 11.7. The molecule has 4 heteroatoms. The number of hydrogen-bond donors (Lipinski definition) is 1. The molecule has 1 unspecified atom stereocenters. The smallest absolute Gasteiger partial charge is 0.222 e. The molecule has 0 spiro atoms. The van der Waals surface area contributed by atoms with Crippen LogP contribution in [0.4, 0.5) is 5.69 Å². The Kier molecular flexibility index (Phi) is 6.05. The van der Waals surface area contributed by atoms with Crippen LogP contribution in [0.5, 0.6) is 0 Å². The molecule has 1 saturated heterocycles. The van der Waals surface area contributed by atoms with E-state index in [1.165, 1.54) is 11.3 Å². The minimum Gasteiger partial charge on any atom is -0.381 e. The Labute approximate surface area is 127 Å². The molecule has 0 aliphatic carbocycles. The van der Waals surface area contributed by atoms with Crippen LogP contribution in [0.2, 0.25) is 0 Å². The second-order valence-corrected chi connectivity index (χ2v) is 5.64. The minimum absolute atomic E-state index is 0.0952. The van der Waals surface area contributed by atoms with Crippen LogP contribution in [0.3, 0.4) is 0 Å². The number of rotatable bonds is 7. The second-order valence-electron chi connectivity index (χ2n) is 5.64. The van der Waals surface area contributed by atoms with Crippen LogP contribution in [-0.2, 0) is 9.53 Å². The maximum Gasteiger partial charge on any atom is 0.222 e. The Morgan fingerprint density at radius 1 is 1.43 bits per heavy atom. The monoisotopic (exact) mass is 290 g/mol. The maximum absolute atomic E-state index is 11.7. The van der Waals surface area contributed by atoms with E-state index in [0.29, 0.717) is 25.6 Å². The fourth-order valence-corrected chi connectivity index (χ4v) is 2.79. The summed E-state index contributed by atoms with van der Waals surface area (Å²) < 4.78 is 5.19. The van der Waals surface area contributed by atoms with Crippen molar-refractivity contribution in [1.29, 1.82) is 0 Å². The van der Waals surface area contributed by atoms with Crippen molar-refractivity contribution in [3.8, 4) is 0 Å². The third-order valence-electron chi connectivity index (χ3n) is 4.01. The van der Waals surface area contributed by atoms with E-state index in [4.69, 9.17) is 4.74 Å². The summed E-state index contributed by atoms with van der Waals surface area (Å²) in [4.78, 5) is 14.1. The number of para-hydroxylation sites is 1. The standard InChI is InChI=1S/C17H26N2O2/c1-3-21-11-9-17(20)18-12-15-8-10-19(13-15)16-7-5-4-6-14(16)2/h4-7,15H,3,8-13H2,1-2H3,(H,18,20). The van der Waals surface area contributed by atoms with Gasteiger partial charge in [-0.25, -0.2) is 0 Å². The van der Waals surface area contributed by atoms with Gasteiger partial charge in [0.1, 0.15) is 0 Å². The van der Waals surface area contributed by atoms with E-state index in [1.54, 1.807) is 0 Å². The highest BCUT2D eigenvalue weighted by atomic mass is 16.5. The predicted molar refractivity (Wildman–Crippen MR) is 85.6 cm³/mol. The van der Waals surface area contributed by atoms with Gasteiger partial charge < -0.3 is 15.0 Å². The average molecular weight is 290 g/mol. The molecule has 1 aliphatic rings. The fraction of sp³-hybridized carbons (Fsp3) is 0.588. The van der Waals surface area contributed by atoms with Gasteiger partial charge in [0.15, 0.2) is 0 Å². The number of carbonyl (C=O) groups excluding carboxylic acids is 1. The van der Waals surface area contributed by atoms with E-state index < -0.39 is 0 Å². The van der Waals surface area contributed by atoms with Crippen LogP contribution in [0, 0.1) is 12.8 Å². The molecule has 0 radical (unpaired) electrons. The molecule has 116 valence electrons. The predicted octanol–water partition coefficient (Wildman–Crippen LogP) is 2.36. The van der Waals surface area contributed by atoms with E-state index in [9.17, 15) is 4.79 Å². The number of hydrogen-bond acceptors (Lipinski definition) is 3. The van der Waals surface area contributed by atoms with Gasteiger partial charge in [-0.1, -0.05) is 18.2 Å². The highest BCUT2D eigenvalue weighted by molar-refractivity contribution is 5.75. The number of nitrogens with one attached hydrogen (secondary N) is 1.